The Hall–Kier alpha value is -2.56. The molecule has 2 aliphatic rings. The van der Waals surface area contributed by atoms with Crippen LogP contribution < -0.4 is 5.56 Å². The van der Waals surface area contributed by atoms with E-state index in [9.17, 15) is 4.79 Å². The van der Waals surface area contributed by atoms with Gasteiger partial charge in [-0.15, -0.1) is 12.4 Å². The van der Waals surface area contributed by atoms with Gasteiger partial charge in [-0.05, 0) is 36.8 Å². The van der Waals surface area contributed by atoms with Crippen molar-refractivity contribution in [2.75, 3.05) is 0 Å². The van der Waals surface area contributed by atoms with Crippen LogP contribution in [0, 0.1) is 6.92 Å². The number of hydrogen-bond donors (Lipinski definition) is 1. The quantitative estimate of drug-likeness (QED) is 0.554. The summed E-state index contributed by atoms with van der Waals surface area (Å²) in [6.45, 7) is 1.98. The first-order valence-corrected chi connectivity index (χ1v) is 7.95. The predicted molar refractivity (Wildman–Crippen MR) is 103 cm³/mol. The summed E-state index contributed by atoms with van der Waals surface area (Å²) < 4.78 is 1.42. The number of hydrogen-bond acceptors (Lipinski definition) is 2. The van der Waals surface area contributed by atoms with E-state index in [1.54, 1.807) is 30.5 Å². The van der Waals surface area contributed by atoms with Crippen molar-refractivity contribution < 1.29 is 0 Å². The Morgan fingerprint density at radius 1 is 1.04 bits per heavy atom. The van der Waals surface area contributed by atoms with E-state index in [1.807, 2.05) is 37.3 Å². The van der Waals surface area contributed by atoms with Crippen LogP contribution in [0.3, 0.4) is 0 Å². The van der Waals surface area contributed by atoms with Crippen molar-refractivity contribution in [2.24, 2.45) is 0 Å². The first-order chi connectivity index (χ1) is 11.6. The predicted octanol–water partition coefficient (Wildman–Crippen LogP) is 4.72. The molecular formula is C19H15Cl2N3O. The van der Waals surface area contributed by atoms with Gasteiger partial charge in [0, 0.05) is 22.5 Å². The molecule has 0 spiro atoms. The lowest BCUT2D eigenvalue weighted by Gasteiger charge is -2.09. The van der Waals surface area contributed by atoms with Gasteiger partial charge in [-0.25, -0.2) is 0 Å². The van der Waals surface area contributed by atoms with Gasteiger partial charge in [0.1, 0.15) is 5.69 Å². The number of aryl methyl sites for hydroxylation is 1. The van der Waals surface area contributed by atoms with Gasteiger partial charge in [0.15, 0.2) is 0 Å². The van der Waals surface area contributed by atoms with Crippen LogP contribution in [0.1, 0.15) is 5.69 Å². The Balaban J connectivity index is 0.00000182. The monoisotopic (exact) mass is 371 g/mol. The maximum atomic E-state index is 12.8. The van der Waals surface area contributed by atoms with Crippen molar-refractivity contribution in [3.05, 3.63) is 81.9 Å². The highest BCUT2D eigenvalue weighted by molar-refractivity contribution is 6.30. The van der Waals surface area contributed by atoms with E-state index in [0.29, 0.717) is 22.0 Å². The lowest BCUT2D eigenvalue weighted by molar-refractivity contribution is 0.858. The summed E-state index contributed by atoms with van der Waals surface area (Å²) in [7, 11) is 0. The van der Waals surface area contributed by atoms with Crippen molar-refractivity contribution in [1.82, 2.24) is 14.8 Å². The maximum Gasteiger partial charge on any atom is 0.282 e. The minimum absolute atomic E-state index is 0. The zero-order chi connectivity index (χ0) is 16.7. The molecule has 6 heteroatoms. The van der Waals surface area contributed by atoms with Gasteiger partial charge in [0.05, 0.1) is 11.3 Å². The number of nitrogens with zero attached hydrogens (tertiary/aromatic N) is 2. The first kappa shape index (κ1) is 17.3. The Kier molecular flexibility index (Phi) is 4.66. The number of pyridine rings is 1. The van der Waals surface area contributed by atoms with Gasteiger partial charge >= 0.3 is 0 Å². The van der Waals surface area contributed by atoms with Crippen molar-refractivity contribution in [3.8, 4) is 28.1 Å². The zero-order valence-electron chi connectivity index (χ0n) is 13.4. The highest BCUT2D eigenvalue weighted by atomic mass is 35.5. The molecule has 4 nitrogen and oxygen atoms in total. The second kappa shape index (κ2) is 6.75. The van der Waals surface area contributed by atoms with Gasteiger partial charge < -0.3 is 4.98 Å². The minimum Gasteiger partial charge on any atom is -0.364 e. The number of benzene rings is 2. The number of H-pyrrole nitrogens is 1. The number of halogens is 2. The average Bonchev–Trinajstić information content (AvgIpc) is 2.93. The number of aromatic nitrogens is 3. The molecule has 0 atom stereocenters. The molecule has 0 radical (unpaired) electrons. The molecule has 0 bridgehead atoms. The summed E-state index contributed by atoms with van der Waals surface area (Å²) in [6.07, 6.45) is 1.72. The van der Waals surface area contributed by atoms with Crippen LogP contribution in [0.25, 0.3) is 28.1 Å². The van der Waals surface area contributed by atoms with Crippen LogP contribution in [-0.2, 0) is 0 Å². The van der Waals surface area contributed by atoms with Crippen LogP contribution in [0.5, 0.6) is 0 Å². The Morgan fingerprint density at radius 3 is 2.40 bits per heavy atom. The van der Waals surface area contributed by atoms with Crippen LogP contribution in [0.2, 0.25) is 5.02 Å². The molecule has 0 saturated heterocycles. The van der Waals surface area contributed by atoms with Gasteiger partial charge in [0.25, 0.3) is 5.56 Å². The molecule has 2 aromatic carbocycles. The van der Waals surface area contributed by atoms with Crippen molar-refractivity contribution in [3.63, 3.8) is 0 Å². The smallest absolute Gasteiger partial charge is 0.282 e. The van der Waals surface area contributed by atoms with E-state index in [0.717, 1.165) is 16.8 Å². The van der Waals surface area contributed by atoms with Crippen LogP contribution in [-0.4, -0.2) is 14.8 Å². The Labute approximate surface area is 155 Å². The van der Waals surface area contributed by atoms with E-state index in [-0.39, 0.29) is 18.0 Å². The molecule has 4 rings (SSSR count). The normalized spacial score (nSPS) is 10.6. The third kappa shape index (κ3) is 2.95. The fraction of sp³-hybridized carbons (Fsp3) is 0.0526. The molecular weight excluding hydrogens is 357 g/mol. The number of fused-ring (bicyclic) bond motifs is 1. The molecule has 2 heterocycles. The minimum atomic E-state index is -0.152. The van der Waals surface area contributed by atoms with E-state index in [4.69, 9.17) is 11.6 Å². The second-order valence-electron chi connectivity index (χ2n) is 5.61. The summed E-state index contributed by atoms with van der Waals surface area (Å²) in [5.41, 5.74) is 4.73. The zero-order valence-corrected chi connectivity index (χ0v) is 14.9. The van der Waals surface area contributed by atoms with Gasteiger partial charge in [-0.3, -0.25) is 4.79 Å². The molecule has 0 unspecified atom stereocenters. The van der Waals surface area contributed by atoms with Gasteiger partial charge in [0.2, 0.25) is 0 Å². The highest BCUT2D eigenvalue weighted by Gasteiger charge is 2.22. The summed E-state index contributed by atoms with van der Waals surface area (Å²) in [4.78, 5) is 15.9. The Bertz CT molecular complexity index is 1040. The molecule has 0 fully saturated rings. The number of aromatic amines is 1. The fourth-order valence-electron chi connectivity index (χ4n) is 2.87. The second-order valence-corrected chi connectivity index (χ2v) is 6.05. The van der Waals surface area contributed by atoms with Crippen molar-refractivity contribution >= 4 is 24.0 Å². The number of rotatable bonds is 2. The maximum absolute atomic E-state index is 12.8. The molecule has 2 aliphatic heterocycles. The van der Waals surface area contributed by atoms with Gasteiger partial charge in [-0.1, -0.05) is 41.9 Å². The lowest BCUT2D eigenvalue weighted by atomic mass is 9.99. The SMILES string of the molecule is Cc1[nH]cc2c(=O)n(-c3ccc(Cl)cc3)nc-2c1-c1ccccc1.Cl. The average molecular weight is 372 g/mol. The van der Waals surface area contributed by atoms with Crippen LogP contribution in [0.4, 0.5) is 0 Å². The molecule has 0 amide bonds. The molecule has 2 aromatic rings. The van der Waals surface area contributed by atoms with Crippen molar-refractivity contribution in [2.45, 2.75) is 6.92 Å². The topological polar surface area (TPSA) is 50.7 Å². The molecule has 25 heavy (non-hydrogen) atoms. The summed E-state index contributed by atoms with van der Waals surface area (Å²) in [5.74, 6) is 0. The number of nitrogens with one attached hydrogen (secondary N) is 1. The molecule has 0 aliphatic carbocycles. The van der Waals surface area contributed by atoms with E-state index < -0.39 is 0 Å². The summed E-state index contributed by atoms with van der Waals surface area (Å²) >= 11 is 5.93. The summed E-state index contributed by atoms with van der Waals surface area (Å²) in [6, 6.07) is 17.0. The Morgan fingerprint density at radius 2 is 1.72 bits per heavy atom. The summed E-state index contributed by atoms with van der Waals surface area (Å²) in [5, 5.41) is 5.21. The van der Waals surface area contributed by atoms with Crippen molar-refractivity contribution in [1.29, 1.82) is 0 Å². The standard InChI is InChI=1S/C19H14ClN3O.ClH/c1-12-17(13-5-3-2-4-6-13)18-16(11-21-12)19(24)23(22-18)15-9-7-14(20)8-10-15;/h2-11,21H,1H3;1H. The van der Waals surface area contributed by atoms with Gasteiger partial charge in [-0.2, -0.15) is 9.78 Å². The van der Waals surface area contributed by atoms with Crippen LogP contribution in [0.15, 0.2) is 65.6 Å². The molecule has 0 saturated carbocycles. The third-order valence-corrected chi connectivity index (χ3v) is 4.31. The third-order valence-electron chi connectivity index (χ3n) is 4.06. The first-order valence-electron chi connectivity index (χ1n) is 7.57. The largest absolute Gasteiger partial charge is 0.364 e. The highest BCUT2D eigenvalue weighted by Crippen LogP contribution is 2.32. The van der Waals surface area contributed by atoms with Crippen LogP contribution >= 0.6 is 24.0 Å². The molecule has 0 aromatic heterocycles. The molecule has 1 N–H and O–H groups in total. The van der Waals surface area contributed by atoms with E-state index >= 15 is 0 Å². The molecule has 126 valence electrons. The van der Waals surface area contributed by atoms with E-state index in [2.05, 4.69) is 10.1 Å². The fourth-order valence-corrected chi connectivity index (χ4v) is 3.00. The van der Waals surface area contributed by atoms with E-state index in [1.165, 1.54) is 4.68 Å². The lowest BCUT2D eigenvalue weighted by Crippen LogP contribution is -2.14.